The van der Waals surface area contributed by atoms with Crippen molar-refractivity contribution in [3.8, 4) is 0 Å². The monoisotopic (exact) mass is 397 g/mol. The summed E-state index contributed by atoms with van der Waals surface area (Å²) in [5.41, 5.74) is 5.27. The van der Waals surface area contributed by atoms with Gasteiger partial charge >= 0.3 is 123 Å². The zero-order chi connectivity index (χ0) is 14.4. The van der Waals surface area contributed by atoms with Crippen molar-refractivity contribution in [2.75, 3.05) is 21.8 Å². The number of aliphatic hydroxyl groups is 3. The Morgan fingerprint density at radius 2 is 2.25 bits per heavy atom. The molecule has 0 radical (unpaired) electrons. The van der Waals surface area contributed by atoms with Crippen molar-refractivity contribution in [1.29, 1.82) is 0 Å². The number of aromatic amines is 1. The molecule has 3 heterocycles. The van der Waals surface area contributed by atoms with Crippen LogP contribution in [0.1, 0.15) is 0 Å². The van der Waals surface area contributed by atoms with Gasteiger partial charge in [0, 0.05) is 0 Å². The van der Waals surface area contributed by atoms with Crippen LogP contribution < -0.4 is 37.4 Å². The van der Waals surface area contributed by atoms with Crippen LogP contribution in [0.25, 0.3) is 0 Å². The molecule has 0 unspecified atom stereocenters. The number of H-pyrrole nitrogens is 1. The molecule has 112 valence electrons. The maximum absolute atomic E-state index is 11.8. The van der Waals surface area contributed by atoms with E-state index >= 15 is 0 Å². The van der Waals surface area contributed by atoms with E-state index in [2.05, 4.69) is 9.97 Å². The molecule has 0 amide bonds. The van der Waals surface area contributed by atoms with Crippen molar-refractivity contribution in [3.63, 3.8) is 0 Å². The van der Waals surface area contributed by atoms with E-state index in [1.807, 2.05) is 0 Å². The number of aromatic nitrogens is 2. The van der Waals surface area contributed by atoms with Gasteiger partial charge in [0.2, 0.25) is 0 Å². The van der Waals surface area contributed by atoms with E-state index in [0.29, 0.717) is 13.9 Å². The Labute approximate surface area is 123 Å². The van der Waals surface area contributed by atoms with Crippen LogP contribution in [-0.4, -0.2) is 61.0 Å². The molecule has 1 saturated heterocycles. The number of anilines is 2. The van der Waals surface area contributed by atoms with E-state index in [-0.39, 0.29) is 11.5 Å². The minimum absolute atomic E-state index is 0.00333. The topological polar surface area (TPSA) is 145 Å². The molecule has 0 saturated carbocycles. The quantitative estimate of drug-likeness (QED) is 0.188. The molecular formula is C10H14IN4O5-. The van der Waals surface area contributed by atoms with E-state index < -0.39 is 52.4 Å². The number of nitrogen functional groups attached to an aromatic ring is 1. The average molecular weight is 397 g/mol. The van der Waals surface area contributed by atoms with Gasteiger partial charge in [-0.05, 0) is 0 Å². The third-order valence-corrected chi connectivity index (χ3v) is 6.09. The van der Waals surface area contributed by atoms with Gasteiger partial charge in [0.05, 0.1) is 0 Å². The molecular weight excluding hydrogens is 383 g/mol. The number of halogens is 1. The fourth-order valence-corrected chi connectivity index (χ4v) is 4.95. The van der Waals surface area contributed by atoms with Gasteiger partial charge in [0.1, 0.15) is 0 Å². The van der Waals surface area contributed by atoms with Gasteiger partial charge in [-0.3, -0.25) is 0 Å². The Morgan fingerprint density at radius 3 is 2.90 bits per heavy atom. The summed E-state index contributed by atoms with van der Waals surface area (Å²) < 4.78 is 6.56. The van der Waals surface area contributed by atoms with E-state index in [1.165, 1.54) is 0 Å². The molecule has 1 fully saturated rings. The Kier molecular flexibility index (Phi) is 3.58. The summed E-state index contributed by atoms with van der Waals surface area (Å²) in [5.74, 6) is 0.394. The van der Waals surface area contributed by atoms with E-state index in [4.69, 9.17) is 15.6 Å². The van der Waals surface area contributed by atoms with Gasteiger partial charge in [0.15, 0.2) is 0 Å². The number of hydrogen-bond acceptors (Lipinski definition) is 8. The standard InChI is InChI=1S/C10H14IN4O5/c12-10-13-7-4(8(19)14-10)11-2-15(7)9-6(18)5(17)3(1-16)20-9/h3,5-6,9,16-18H,1-2H2,(H3,12,13,14,19)/q-1/t3-,5-,6-,9-/m1/s1. The number of aliphatic hydroxyl groups excluding tert-OH is 3. The number of hydrogen-bond donors (Lipinski definition) is 5. The van der Waals surface area contributed by atoms with Crippen LogP contribution in [0.2, 0.25) is 0 Å². The molecule has 2 aliphatic rings. The summed E-state index contributed by atoms with van der Waals surface area (Å²) in [6.07, 6.45) is -4.04. The van der Waals surface area contributed by atoms with Gasteiger partial charge in [-0.2, -0.15) is 0 Å². The third-order valence-electron chi connectivity index (χ3n) is 3.28. The van der Waals surface area contributed by atoms with Crippen LogP contribution in [0, 0.1) is 3.57 Å². The van der Waals surface area contributed by atoms with Gasteiger partial charge in [0.25, 0.3) is 0 Å². The molecule has 10 heteroatoms. The van der Waals surface area contributed by atoms with Gasteiger partial charge < -0.3 is 0 Å². The first kappa shape index (κ1) is 14.0. The molecule has 0 spiro atoms. The van der Waals surface area contributed by atoms with Crippen molar-refractivity contribution in [3.05, 3.63) is 13.9 Å². The van der Waals surface area contributed by atoms with Crippen LogP contribution in [0.3, 0.4) is 0 Å². The Morgan fingerprint density at radius 1 is 1.50 bits per heavy atom. The summed E-state index contributed by atoms with van der Waals surface area (Å²) in [5, 5.41) is 28.9. The van der Waals surface area contributed by atoms with Crippen LogP contribution in [0.4, 0.5) is 11.8 Å². The summed E-state index contributed by atoms with van der Waals surface area (Å²) >= 11 is -0.594. The maximum atomic E-state index is 11.8. The van der Waals surface area contributed by atoms with Crippen LogP contribution >= 0.6 is 0 Å². The second-order valence-corrected chi connectivity index (χ2v) is 7.06. The molecule has 0 aromatic carbocycles. The second-order valence-electron chi connectivity index (χ2n) is 4.54. The van der Waals surface area contributed by atoms with Crippen molar-refractivity contribution >= 4 is 11.8 Å². The summed E-state index contributed by atoms with van der Waals surface area (Å²) in [6, 6.07) is 0. The second kappa shape index (κ2) is 5.11. The number of ether oxygens (including phenoxy) is 1. The van der Waals surface area contributed by atoms with Gasteiger partial charge in [-0.1, -0.05) is 0 Å². The zero-order valence-corrected chi connectivity index (χ0v) is 12.4. The molecule has 1 aromatic heterocycles. The SMILES string of the molecule is Nc1nc2c(c(=O)[nH]1)[I-]CN2[C@@H]1O[C@H](CO)[C@@H](O)[C@H]1O. The van der Waals surface area contributed by atoms with Crippen LogP contribution in [-0.2, 0) is 4.74 Å². The predicted molar refractivity (Wildman–Crippen MR) is 63.1 cm³/mol. The van der Waals surface area contributed by atoms with Crippen LogP contribution in [0.15, 0.2) is 4.79 Å². The number of nitrogens with zero attached hydrogens (tertiary/aromatic N) is 2. The Bertz CT molecular complexity index is 581. The number of alkyl halides is 1. The molecule has 4 atom stereocenters. The zero-order valence-electron chi connectivity index (χ0n) is 10.2. The summed E-state index contributed by atoms with van der Waals surface area (Å²) in [4.78, 5) is 20.0. The molecule has 3 rings (SSSR count). The van der Waals surface area contributed by atoms with Crippen LogP contribution in [0.5, 0.6) is 0 Å². The van der Waals surface area contributed by atoms with Crippen molar-refractivity contribution in [2.24, 2.45) is 0 Å². The first-order valence-electron chi connectivity index (χ1n) is 5.91. The van der Waals surface area contributed by atoms with Gasteiger partial charge in [-0.25, -0.2) is 0 Å². The fraction of sp³-hybridized carbons (Fsp3) is 0.600. The van der Waals surface area contributed by atoms with Crippen molar-refractivity contribution in [1.82, 2.24) is 9.97 Å². The summed E-state index contributed by atoms with van der Waals surface area (Å²) in [7, 11) is 0. The fourth-order valence-electron chi connectivity index (χ4n) is 2.28. The van der Waals surface area contributed by atoms with Crippen molar-refractivity contribution in [2.45, 2.75) is 24.5 Å². The predicted octanol–water partition coefficient (Wildman–Crippen LogP) is -6.17. The number of nitrogens with two attached hydrogens (primary N) is 1. The Balaban J connectivity index is 1.94. The first-order chi connectivity index (χ1) is 9.52. The number of fused-ring (bicyclic) bond motifs is 1. The average Bonchev–Trinajstić information content (AvgIpc) is 2.93. The molecule has 20 heavy (non-hydrogen) atoms. The molecule has 0 bridgehead atoms. The number of nitrogens with one attached hydrogen (secondary N) is 1. The molecule has 6 N–H and O–H groups in total. The normalized spacial score (nSPS) is 33.0. The number of rotatable bonds is 2. The van der Waals surface area contributed by atoms with E-state index in [0.717, 1.165) is 0 Å². The molecule has 2 aliphatic heterocycles. The molecule has 9 nitrogen and oxygen atoms in total. The van der Waals surface area contributed by atoms with E-state index in [9.17, 15) is 15.0 Å². The minimum atomic E-state index is -1.18. The Hall–Kier alpha value is -0.950. The third kappa shape index (κ3) is 2.07. The van der Waals surface area contributed by atoms with Crippen molar-refractivity contribution < 1.29 is 41.3 Å². The van der Waals surface area contributed by atoms with E-state index in [1.54, 1.807) is 4.90 Å². The summed E-state index contributed by atoms with van der Waals surface area (Å²) in [6.45, 7) is -0.393. The first-order valence-corrected chi connectivity index (χ1v) is 8.51. The molecule has 0 aliphatic carbocycles. The van der Waals surface area contributed by atoms with Gasteiger partial charge in [-0.15, -0.1) is 0 Å². The molecule has 1 aromatic rings.